The number of anilines is 3. The molecule has 166 valence electrons. The topological polar surface area (TPSA) is 74.2 Å². The zero-order chi connectivity index (χ0) is 22.0. The highest BCUT2D eigenvalue weighted by Crippen LogP contribution is 2.33. The number of nitrogens with zero attached hydrogens (tertiary/aromatic N) is 5. The van der Waals surface area contributed by atoms with Crippen LogP contribution in [-0.2, 0) is 11.0 Å². The third kappa shape index (κ3) is 4.88. The Hall–Kier alpha value is -2.91. The number of likely N-dealkylation sites (tertiary alicyclic amines) is 1. The Bertz CT molecular complexity index is 930. The summed E-state index contributed by atoms with van der Waals surface area (Å²) in [6, 6.07) is 4.00. The number of nitrogens with one attached hydrogen (secondary N) is 1. The first-order chi connectivity index (χ1) is 14.8. The van der Waals surface area contributed by atoms with Gasteiger partial charge in [-0.05, 0) is 44.7 Å². The van der Waals surface area contributed by atoms with Crippen molar-refractivity contribution in [3.63, 3.8) is 0 Å². The molecule has 7 nitrogen and oxygen atoms in total. The largest absolute Gasteiger partial charge is 0.416 e. The van der Waals surface area contributed by atoms with Crippen LogP contribution < -0.4 is 10.2 Å². The number of rotatable bonds is 5. The fourth-order valence-electron chi connectivity index (χ4n) is 4.19. The van der Waals surface area contributed by atoms with Crippen LogP contribution in [-0.4, -0.2) is 51.9 Å². The van der Waals surface area contributed by atoms with Crippen molar-refractivity contribution in [3.8, 4) is 0 Å². The highest BCUT2D eigenvalue weighted by molar-refractivity contribution is 5.56. The minimum atomic E-state index is -4.45. The number of carbonyl (C=O) groups excluding carboxylic acids is 1. The van der Waals surface area contributed by atoms with E-state index < -0.39 is 11.7 Å². The fourth-order valence-corrected chi connectivity index (χ4v) is 4.19. The summed E-state index contributed by atoms with van der Waals surface area (Å²) in [5, 5.41) is 2.94. The number of piperidine rings is 1. The van der Waals surface area contributed by atoms with Gasteiger partial charge in [0.25, 0.3) is 0 Å². The third-order valence-electron chi connectivity index (χ3n) is 5.98. The lowest BCUT2D eigenvalue weighted by Crippen LogP contribution is -2.32. The van der Waals surface area contributed by atoms with E-state index >= 15 is 0 Å². The van der Waals surface area contributed by atoms with Crippen LogP contribution in [0.3, 0.4) is 0 Å². The van der Waals surface area contributed by atoms with Gasteiger partial charge < -0.3 is 15.1 Å². The molecule has 4 heterocycles. The van der Waals surface area contributed by atoms with E-state index in [0.717, 1.165) is 62.7 Å². The van der Waals surface area contributed by atoms with Gasteiger partial charge in [-0.3, -0.25) is 4.79 Å². The quantitative estimate of drug-likeness (QED) is 0.718. The number of aromatic nitrogens is 3. The van der Waals surface area contributed by atoms with Gasteiger partial charge in [0.2, 0.25) is 12.4 Å². The number of alkyl halides is 3. The lowest BCUT2D eigenvalue weighted by atomic mass is 9.93. The first-order valence-corrected chi connectivity index (χ1v) is 10.5. The molecule has 0 bridgehead atoms. The molecule has 0 spiro atoms. The minimum absolute atomic E-state index is 0.0793. The summed E-state index contributed by atoms with van der Waals surface area (Å²) in [5.41, 5.74) is 0.0676. The average molecular weight is 434 g/mol. The Morgan fingerprint density at radius 3 is 2.52 bits per heavy atom. The molecule has 0 aliphatic carbocycles. The molecule has 2 aliphatic rings. The molecule has 2 aromatic heterocycles. The van der Waals surface area contributed by atoms with Gasteiger partial charge in [-0.25, -0.2) is 9.97 Å². The molecule has 0 radical (unpaired) electrons. The lowest BCUT2D eigenvalue weighted by molar-refractivity contribution is -0.137. The van der Waals surface area contributed by atoms with Gasteiger partial charge in [0.1, 0.15) is 11.6 Å². The summed E-state index contributed by atoms with van der Waals surface area (Å²) in [7, 11) is 0. The number of hydrogen-bond acceptors (Lipinski definition) is 6. The van der Waals surface area contributed by atoms with E-state index in [0.29, 0.717) is 30.9 Å². The Kier molecular flexibility index (Phi) is 5.97. The van der Waals surface area contributed by atoms with Crippen LogP contribution in [0.5, 0.6) is 0 Å². The summed E-state index contributed by atoms with van der Waals surface area (Å²) in [6.07, 6.45) is 1.20. The monoisotopic (exact) mass is 434 g/mol. The molecule has 1 N–H and O–H groups in total. The molecule has 4 rings (SSSR count). The van der Waals surface area contributed by atoms with Crippen LogP contribution in [0.15, 0.2) is 24.4 Å². The first kappa shape index (κ1) is 21.3. The zero-order valence-electron chi connectivity index (χ0n) is 17.3. The normalized spacial score (nSPS) is 20.2. The Morgan fingerprint density at radius 2 is 1.87 bits per heavy atom. The highest BCUT2D eigenvalue weighted by Gasteiger charge is 2.31. The first-order valence-electron chi connectivity index (χ1n) is 10.5. The molecule has 2 saturated heterocycles. The van der Waals surface area contributed by atoms with Crippen LogP contribution in [0.2, 0.25) is 0 Å². The summed E-state index contributed by atoms with van der Waals surface area (Å²) in [6.45, 7) is 4.28. The van der Waals surface area contributed by atoms with Crippen molar-refractivity contribution in [2.45, 2.75) is 50.7 Å². The molecule has 10 heteroatoms. The van der Waals surface area contributed by atoms with Gasteiger partial charge in [-0.2, -0.15) is 18.2 Å². The molecule has 1 amide bonds. The molecule has 2 aliphatic heterocycles. The number of carbonyl (C=O) groups is 1. The predicted octanol–water partition coefficient (Wildman–Crippen LogP) is 3.96. The average Bonchev–Trinajstić information content (AvgIpc) is 3.19. The number of pyridine rings is 1. The summed E-state index contributed by atoms with van der Waals surface area (Å²) >= 11 is 0. The van der Waals surface area contributed by atoms with Gasteiger partial charge in [0.05, 0.1) is 11.3 Å². The van der Waals surface area contributed by atoms with Crippen molar-refractivity contribution in [3.05, 3.63) is 35.7 Å². The summed E-state index contributed by atoms with van der Waals surface area (Å²) in [4.78, 5) is 28.3. The maximum absolute atomic E-state index is 13.1. The van der Waals surface area contributed by atoms with E-state index in [4.69, 9.17) is 4.98 Å². The summed E-state index contributed by atoms with van der Waals surface area (Å²) in [5.74, 6) is 1.24. The van der Waals surface area contributed by atoms with Crippen molar-refractivity contribution in [2.24, 2.45) is 0 Å². The fraction of sp³-hybridized carbons (Fsp3) is 0.524. The maximum Gasteiger partial charge on any atom is 0.416 e. The smallest absolute Gasteiger partial charge is 0.345 e. The van der Waals surface area contributed by atoms with Crippen LogP contribution >= 0.6 is 0 Å². The van der Waals surface area contributed by atoms with E-state index in [1.807, 2.05) is 0 Å². The van der Waals surface area contributed by atoms with Crippen molar-refractivity contribution in [1.29, 1.82) is 0 Å². The van der Waals surface area contributed by atoms with Gasteiger partial charge >= 0.3 is 6.18 Å². The van der Waals surface area contributed by atoms with E-state index in [1.54, 1.807) is 11.0 Å². The molecule has 31 heavy (non-hydrogen) atoms. The van der Waals surface area contributed by atoms with Gasteiger partial charge in [-0.1, -0.05) is 0 Å². The van der Waals surface area contributed by atoms with Crippen LogP contribution in [0.4, 0.5) is 30.8 Å². The van der Waals surface area contributed by atoms with E-state index in [-0.39, 0.29) is 11.7 Å². The van der Waals surface area contributed by atoms with Crippen LogP contribution in [0.25, 0.3) is 0 Å². The van der Waals surface area contributed by atoms with E-state index in [9.17, 15) is 18.0 Å². The Labute approximate surface area is 178 Å². The van der Waals surface area contributed by atoms with E-state index in [2.05, 4.69) is 27.1 Å². The zero-order valence-corrected chi connectivity index (χ0v) is 17.3. The molecule has 2 aromatic rings. The molecule has 2 fully saturated rings. The second kappa shape index (κ2) is 8.68. The maximum atomic E-state index is 13.1. The van der Waals surface area contributed by atoms with Gasteiger partial charge in [0.15, 0.2) is 0 Å². The van der Waals surface area contributed by atoms with Gasteiger partial charge in [-0.15, -0.1) is 0 Å². The Balaban J connectivity index is 1.64. The van der Waals surface area contributed by atoms with Crippen molar-refractivity contribution < 1.29 is 18.0 Å². The molecule has 1 unspecified atom stereocenters. The number of hydrogen-bond donors (Lipinski definition) is 1. The predicted molar refractivity (Wildman–Crippen MR) is 110 cm³/mol. The minimum Gasteiger partial charge on any atom is -0.345 e. The molecular weight excluding hydrogens is 409 g/mol. The molecule has 0 aromatic carbocycles. The number of halogens is 3. The SMILES string of the molecule is CC1CCCN1c1nc(Nc2cc(C(F)(F)F)ccn2)cc(C2CCN(C=O)CC2)n1. The molecule has 0 saturated carbocycles. The van der Waals surface area contributed by atoms with Gasteiger partial charge in [0, 0.05) is 43.9 Å². The molecular formula is C21H25F3N6O. The standard InChI is InChI=1S/C21H25F3N6O/c1-14-3-2-8-30(14)20-26-17(15-5-9-29(13-31)10-6-15)12-19(28-20)27-18-11-16(4-7-25-18)21(22,23)24/h4,7,11-15H,2-3,5-6,8-10H2,1H3,(H,25,26,27,28). The van der Waals surface area contributed by atoms with Crippen molar-refractivity contribution in [2.75, 3.05) is 29.9 Å². The highest BCUT2D eigenvalue weighted by atomic mass is 19.4. The second-order valence-electron chi connectivity index (χ2n) is 8.13. The second-order valence-corrected chi connectivity index (χ2v) is 8.13. The van der Waals surface area contributed by atoms with E-state index in [1.165, 1.54) is 0 Å². The molecule has 1 atom stereocenters. The van der Waals surface area contributed by atoms with Crippen LogP contribution in [0, 0.1) is 0 Å². The van der Waals surface area contributed by atoms with Crippen LogP contribution in [0.1, 0.15) is 49.8 Å². The van der Waals surface area contributed by atoms with Crippen molar-refractivity contribution >= 4 is 24.0 Å². The van der Waals surface area contributed by atoms with Crippen molar-refractivity contribution in [1.82, 2.24) is 19.9 Å². The summed E-state index contributed by atoms with van der Waals surface area (Å²) < 4.78 is 39.2. The Morgan fingerprint density at radius 1 is 1.10 bits per heavy atom. The number of amides is 1. The lowest BCUT2D eigenvalue weighted by Gasteiger charge is -2.30. The third-order valence-corrected chi connectivity index (χ3v) is 5.98.